The van der Waals surface area contributed by atoms with E-state index < -0.39 is 11.7 Å². The van der Waals surface area contributed by atoms with E-state index in [1.165, 1.54) is 23.5 Å². The maximum absolute atomic E-state index is 13.7. The average molecular weight is 383 g/mol. The molecular weight excluding hydrogens is 375 g/mol. The Morgan fingerprint density at radius 1 is 1.29 bits per heavy atom. The Balaban J connectivity index is 1.80. The molecule has 106 valence electrons. The minimum Gasteiger partial charge on any atom is -0.298 e. The zero-order chi connectivity index (χ0) is 14.8. The smallest absolute Gasteiger partial charge is 0.260 e. The predicted molar refractivity (Wildman–Crippen MR) is 87.5 cm³/mol. The van der Waals surface area contributed by atoms with Gasteiger partial charge in [-0.3, -0.25) is 10.1 Å². The molecule has 0 radical (unpaired) electrons. The van der Waals surface area contributed by atoms with Crippen molar-refractivity contribution in [2.24, 2.45) is 0 Å². The SMILES string of the molecule is O=C(Nc1nc(-c2cccs2)cs1)c1cc(Br)ccc1F. The van der Waals surface area contributed by atoms with Crippen LogP contribution in [0.3, 0.4) is 0 Å². The van der Waals surface area contributed by atoms with Crippen LogP contribution >= 0.6 is 38.6 Å². The molecular formula is C14H8BrFN2OS2. The van der Waals surface area contributed by atoms with Crippen LogP contribution in [-0.2, 0) is 0 Å². The summed E-state index contributed by atoms with van der Waals surface area (Å²) < 4.78 is 14.3. The molecule has 0 spiro atoms. The van der Waals surface area contributed by atoms with E-state index in [0.717, 1.165) is 10.6 Å². The summed E-state index contributed by atoms with van der Waals surface area (Å²) in [6.45, 7) is 0. The van der Waals surface area contributed by atoms with Gasteiger partial charge in [0.05, 0.1) is 16.1 Å². The second kappa shape index (κ2) is 6.05. The lowest BCUT2D eigenvalue weighted by Gasteiger charge is -2.03. The fraction of sp³-hybridized carbons (Fsp3) is 0. The number of nitrogens with zero attached hydrogens (tertiary/aromatic N) is 1. The molecule has 0 bridgehead atoms. The van der Waals surface area contributed by atoms with Crippen molar-refractivity contribution in [1.82, 2.24) is 4.98 Å². The lowest BCUT2D eigenvalue weighted by Crippen LogP contribution is -2.13. The maximum atomic E-state index is 13.7. The average Bonchev–Trinajstić information content (AvgIpc) is 3.11. The number of rotatable bonds is 3. The van der Waals surface area contributed by atoms with Crippen LogP contribution in [0.1, 0.15) is 10.4 Å². The van der Waals surface area contributed by atoms with Crippen LogP contribution in [-0.4, -0.2) is 10.9 Å². The first-order chi connectivity index (χ1) is 10.1. The van der Waals surface area contributed by atoms with E-state index in [1.54, 1.807) is 17.4 Å². The number of nitrogens with one attached hydrogen (secondary N) is 1. The number of anilines is 1. The highest BCUT2D eigenvalue weighted by molar-refractivity contribution is 9.10. The molecule has 0 aliphatic carbocycles. The van der Waals surface area contributed by atoms with Gasteiger partial charge < -0.3 is 0 Å². The molecule has 1 amide bonds. The normalized spacial score (nSPS) is 10.6. The topological polar surface area (TPSA) is 42.0 Å². The molecule has 0 saturated carbocycles. The number of halogens is 2. The van der Waals surface area contributed by atoms with Gasteiger partial charge in [0.1, 0.15) is 5.82 Å². The summed E-state index contributed by atoms with van der Waals surface area (Å²) in [5, 5.41) is 6.89. The largest absolute Gasteiger partial charge is 0.298 e. The van der Waals surface area contributed by atoms with E-state index >= 15 is 0 Å². The van der Waals surface area contributed by atoms with Crippen LogP contribution in [0, 0.1) is 5.82 Å². The number of hydrogen-bond donors (Lipinski definition) is 1. The van der Waals surface area contributed by atoms with Crippen molar-refractivity contribution in [2.45, 2.75) is 0 Å². The third-order valence-electron chi connectivity index (χ3n) is 2.67. The summed E-state index contributed by atoms with van der Waals surface area (Å²) in [4.78, 5) is 17.4. The van der Waals surface area contributed by atoms with Crippen LogP contribution < -0.4 is 5.32 Å². The summed E-state index contributed by atoms with van der Waals surface area (Å²) in [5.74, 6) is -1.08. The summed E-state index contributed by atoms with van der Waals surface area (Å²) in [6, 6.07) is 8.13. The Kier molecular flexibility index (Phi) is 4.14. The summed E-state index contributed by atoms with van der Waals surface area (Å²) in [5.41, 5.74) is 0.789. The first-order valence-electron chi connectivity index (χ1n) is 5.89. The fourth-order valence-corrected chi connectivity index (χ4v) is 3.53. The number of carbonyl (C=O) groups excluding carboxylic acids is 1. The molecule has 3 nitrogen and oxygen atoms in total. The van der Waals surface area contributed by atoms with Crippen molar-refractivity contribution < 1.29 is 9.18 Å². The molecule has 0 saturated heterocycles. The zero-order valence-corrected chi connectivity index (χ0v) is 13.7. The molecule has 7 heteroatoms. The number of aromatic nitrogens is 1. The molecule has 0 atom stereocenters. The molecule has 0 unspecified atom stereocenters. The Morgan fingerprint density at radius 2 is 2.14 bits per heavy atom. The Hall–Kier alpha value is -1.57. The Bertz CT molecular complexity index is 786. The molecule has 0 aliphatic heterocycles. The maximum Gasteiger partial charge on any atom is 0.260 e. The van der Waals surface area contributed by atoms with Gasteiger partial charge in [-0.25, -0.2) is 9.37 Å². The lowest BCUT2D eigenvalue weighted by atomic mass is 10.2. The number of thiophene rings is 1. The van der Waals surface area contributed by atoms with Crippen LogP contribution in [0.15, 0.2) is 45.6 Å². The summed E-state index contributed by atoms with van der Waals surface area (Å²) in [6.07, 6.45) is 0. The van der Waals surface area contributed by atoms with Crippen molar-refractivity contribution in [2.75, 3.05) is 5.32 Å². The molecule has 0 aliphatic rings. The minimum absolute atomic E-state index is 0.0164. The number of thiazole rings is 1. The van der Waals surface area contributed by atoms with Gasteiger partial charge in [0.25, 0.3) is 5.91 Å². The Labute approximate surface area is 136 Å². The van der Waals surface area contributed by atoms with E-state index in [9.17, 15) is 9.18 Å². The molecule has 1 N–H and O–H groups in total. The van der Waals surface area contributed by atoms with Gasteiger partial charge in [0.15, 0.2) is 5.13 Å². The zero-order valence-electron chi connectivity index (χ0n) is 10.5. The van der Waals surface area contributed by atoms with E-state index in [-0.39, 0.29) is 5.56 Å². The van der Waals surface area contributed by atoms with Gasteiger partial charge in [-0.15, -0.1) is 22.7 Å². The quantitative estimate of drug-likeness (QED) is 0.690. The first kappa shape index (κ1) is 14.4. The van der Waals surface area contributed by atoms with E-state index in [0.29, 0.717) is 9.60 Å². The summed E-state index contributed by atoms with van der Waals surface area (Å²) >= 11 is 6.11. The number of benzene rings is 1. The standard InChI is InChI=1S/C14H8BrFN2OS2/c15-8-3-4-10(16)9(6-8)13(19)18-14-17-11(7-21-14)12-2-1-5-20-12/h1-7H,(H,17,18,19). The molecule has 2 heterocycles. The second-order valence-electron chi connectivity index (χ2n) is 4.09. The highest BCUT2D eigenvalue weighted by Crippen LogP contribution is 2.28. The van der Waals surface area contributed by atoms with Gasteiger partial charge in [0, 0.05) is 9.85 Å². The summed E-state index contributed by atoms with van der Waals surface area (Å²) in [7, 11) is 0. The molecule has 21 heavy (non-hydrogen) atoms. The third-order valence-corrected chi connectivity index (χ3v) is 4.81. The van der Waals surface area contributed by atoms with Crippen LogP contribution in [0.25, 0.3) is 10.6 Å². The van der Waals surface area contributed by atoms with Gasteiger partial charge in [-0.1, -0.05) is 22.0 Å². The Morgan fingerprint density at radius 3 is 2.90 bits per heavy atom. The van der Waals surface area contributed by atoms with E-state index in [1.807, 2.05) is 22.9 Å². The van der Waals surface area contributed by atoms with Gasteiger partial charge in [0.2, 0.25) is 0 Å². The molecule has 3 aromatic rings. The van der Waals surface area contributed by atoms with E-state index in [4.69, 9.17) is 0 Å². The van der Waals surface area contributed by atoms with Gasteiger partial charge in [-0.2, -0.15) is 0 Å². The van der Waals surface area contributed by atoms with E-state index in [2.05, 4.69) is 26.2 Å². The van der Waals surface area contributed by atoms with Gasteiger partial charge >= 0.3 is 0 Å². The third kappa shape index (κ3) is 3.20. The minimum atomic E-state index is -0.564. The first-order valence-corrected chi connectivity index (χ1v) is 8.44. The second-order valence-corrected chi connectivity index (χ2v) is 6.81. The van der Waals surface area contributed by atoms with Crippen LogP contribution in [0.2, 0.25) is 0 Å². The monoisotopic (exact) mass is 382 g/mol. The molecule has 0 fully saturated rings. The van der Waals surface area contributed by atoms with Crippen LogP contribution in [0.4, 0.5) is 9.52 Å². The molecule has 1 aromatic carbocycles. The molecule has 2 aromatic heterocycles. The number of carbonyl (C=O) groups is 1. The van der Waals surface area contributed by atoms with Crippen molar-refractivity contribution >= 4 is 49.6 Å². The highest BCUT2D eigenvalue weighted by Gasteiger charge is 2.14. The lowest BCUT2D eigenvalue weighted by molar-refractivity contribution is 0.102. The van der Waals surface area contributed by atoms with Crippen LogP contribution in [0.5, 0.6) is 0 Å². The highest BCUT2D eigenvalue weighted by atomic mass is 79.9. The van der Waals surface area contributed by atoms with Crippen molar-refractivity contribution in [1.29, 1.82) is 0 Å². The van der Waals surface area contributed by atoms with Crippen molar-refractivity contribution in [3.63, 3.8) is 0 Å². The van der Waals surface area contributed by atoms with Crippen molar-refractivity contribution in [3.8, 4) is 10.6 Å². The molecule has 3 rings (SSSR count). The van der Waals surface area contributed by atoms with Crippen molar-refractivity contribution in [3.05, 3.63) is 56.9 Å². The number of amides is 1. The van der Waals surface area contributed by atoms with Gasteiger partial charge in [-0.05, 0) is 29.6 Å². The number of hydrogen-bond acceptors (Lipinski definition) is 4. The predicted octanol–water partition coefficient (Wildman–Crippen LogP) is 5.03. The fourth-order valence-electron chi connectivity index (χ4n) is 1.70.